The first-order valence-electron chi connectivity index (χ1n) is 6.09. The van der Waals surface area contributed by atoms with Crippen molar-refractivity contribution in [2.24, 2.45) is 0 Å². The Balaban J connectivity index is 2.00. The molecule has 2 N–H and O–H groups in total. The molecular formula is C14H14N2O3S. The highest BCUT2D eigenvalue weighted by molar-refractivity contribution is 7.09. The number of carbonyl (C=O) groups excluding carboxylic acids is 1. The van der Waals surface area contributed by atoms with Gasteiger partial charge in [-0.3, -0.25) is 4.79 Å². The summed E-state index contributed by atoms with van der Waals surface area (Å²) in [5, 5.41) is 13.7. The van der Waals surface area contributed by atoms with Crippen LogP contribution in [0.2, 0.25) is 0 Å². The normalized spacial score (nSPS) is 11.8. The molecule has 20 heavy (non-hydrogen) atoms. The van der Waals surface area contributed by atoms with E-state index in [-0.39, 0.29) is 17.6 Å². The van der Waals surface area contributed by atoms with Crippen molar-refractivity contribution in [2.75, 3.05) is 0 Å². The lowest BCUT2D eigenvalue weighted by molar-refractivity contribution is 0.0690. The molecule has 0 radical (unpaired) electrons. The van der Waals surface area contributed by atoms with E-state index in [0.717, 1.165) is 6.42 Å². The zero-order valence-electron chi connectivity index (χ0n) is 10.9. The van der Waals surface area contributed by atoms with Crippen molar-refractivity contribution in [1.82, 2.24) is 10.3 Å². The number of nitrogens with one attached hydrogen (secondary N) is 1. The maximum absolute atomic E-state index is 12.0. The molecule has 0 aliphatic rings. The predicted octanol–water partition coefficient (Wildman–Crippen LogP) is 2.20. The highest BCUT2D eigenvalue weighted by Gasteiger charge is 2.13. The molecule has 0 saturated heterocycles. The Morgan fingerprint density at radius 1 is 1.45 bits per heavy atom. The van der Waals surface area contributed by atoms with Gasteiger partial charge in [0.1, 0.15) is 5.69 Å². The largest absolute Gasteiger partial charge is 0.477 e. The third-order valence-corrected chi connectivity index (χ3v) is 3.60. The van der Waals surface area contributed by atoms with E-state index in [1.807, 2.05) is 24.4 Å². The second-order valence-electron chi connectivity index (χ2n) is 4.39. The van der Waals surface area contributed by atoms with Crippen molar-refractivity contribution in [3.63, 3.8) is 0 Å². The standard InChI is InChI=1S/C14H14N2O3S/c1-9(7-11-3-2-6-20-11)16-13(17)10-4-5-15-12(8-10)14(18)19/h2-6,8-9H,7H2,1H3,(H,16,17)(H,18,19). The quantitative estimate of drug-likeness (QED) is 0.884. The summed E-state index contributed by atoms with van der Waals surface area (Å²) >= 11 is 1.64. The number of carbonyl (C=O) groups is 2. The zero-order valence-corrected chi connectivity index (χ0v) is 11.7. The monoisotopic (exact) mass is 290 g/mol. The molecule has 2 aromatic rings. The van der Waals surface area contributed by atoms with Gasteiger partial charge in [-0.05, 0) is 30.5 Å². The molecule has 0 aliphatic heterocycles. The van der Waals surface area contributed by atoms with Crippen molar-refractivity contribution in [1.29, 1.82) is 0 Å². The first kappa shape index (κ1) is 14.2. The van der Waals surface area contributed by atoms with Gasteiger partial charge in [0.25, 0.3) is 5.91 Å². The number of carboxylic acid groups (broad SMARTS) is 1. The Morgan fingerprint density at radius 3 is 2.90 bits per heavy atom. The molecule has 5 nitrogen and oxygen atoms in total. The van der Waals surface area contributed by atoms with Crippen LogP contribution < -0.4 is 5.32 Å². The summed E-state index contributed by atoms with van der Waals surface area (Å²) < 4.78 is 0. The number of amides is 1. The highest BCUT2D eigenvalue weighted by atomic mass is 32.1. The second-order valence-corrected chi connectivity index (χ2v) is 5.43. The molecule has 104 valence electrons. The van der Waals surface area contributed by atoms with Gasteiger partial charge in [0.2, 0.25) is 0 Å². The van der Waals surface area contributed by atoms with Gasteiger partial charge in [-0.1, -0.05) is 6.07 Å². The summed E-state index contributed by atoms with van der Waals surface area (Å²) in [5.74, 6) is -1.44. The van der Waals surface area contributed by atoms with Crippen LogP contribution in [0.5, 0.6) is 0 Å². The molecule has 1 unspecified atom stereocenters. The maximum atomic E-state index is 12.0. The number of thiophene rings is 1. The first-order valence-corrected chi connectivity index (χ1v) is 6.97. The number of carboxylic acids is 1. The second kappa shape index (κ2) is 6.29. The molecule has 6 heteroatoms. The van der Waals surface area contributed by atoms with Crippen LogP contribution in [0, 0.1) is 0 Å². The third kappa shape index (κ3) is 3.64. The van der Waals surface area contributed by atoms with Gasteiger partial charge in [0, 0.05) is 29.1 Å². The summed E-state index contributed by atoms with van der Waals surface area (Å²) in [4.78, 5) is 27.7. The van der Waals surface area contributed by atoms with Crippen molar-refractivity contribution in [2.45, 2.75) is 19.4 Å². The molecule has 0 fully saturated rings. The lowest BCUT2D eigenvalue weighted by atomic mass is 10.1. The smallest absolute Gasteiger partial charge is 0.354 e. The fourth-order valence-corrected chi connectivity index (χ4v) is 2.61. The maximum Gasteiger partial charge on any atom is 0.354 e. The lowest BCUT2D eigenvalue weighted by Crippen LogP contribution is -2.34. The lowest BCUT2D eigenvalue weighted by Gasteiger charge is -2.13. The number of rotatable bonds is 5. The average Bonchev–Trinajstić information content (AvgIpc) is 2.91. The van der Waals surface area contributed by atoms with Crippen LogP contribution in [0.3, 0.4) is 0 Å². The Bertz CT molecular complexity index is 611. The van der Waals surface area contributed by atoms with Gasteiger partial charge in [0.05, 0.1) is 0 Å². The number of aromatic carboxylic acids is 1. The molecule has 1 atom stereocenters. The van der Waals surface area contributed by atoms with Gasteiger partial charge in [-0.2, -0.15) is 0 Å². The Hall–Kier alpha value is -2.21. The van der Waals surface area contributed by atoms with E-state index in [2.05, 4.69) is 10.3 Å². The van der Waals surface area contributed by atoms with Crippen LogP contribution in [0.1, 0.15) is 32.6 Å². The molecule has 0 spiro atoms. The molecule has 0 aromatic carbocycles. The number of hydrogen-bond acceptors (Lipinski definition) is 4. The SMILES string of the molecule is CC(Cc1cccs1)NC(=O)c1ccnc(C(=O)O)c1. The number of nitrogens with zero attached hydrogens (tertiary/aromatic N) is 1. The number of hydrogen-bond donors (Lipinski definition) is 2. The minimum absolute atomic E-state index is 0.0254. The van der Waals surface area contributed by atoms with Crippen LogP contribution >= 0.6 is 11.3 Å². The molecule has 2 heterocycles. The Morgan fingerprint density at radius 2 is 2.25 bits per heavy atom. The van der Waals surface area contributed by atoms with E-state index in [4.69, 9.17) is 5.11 Å². The van der Waals surface area contributed by atoms with Gasteiger partial charge < -0.3 is 10.4 Å². The molecule has 2 rings (SSSR count). The van der Waals surface area contributed by atoms with E-state index < -0.39 is 5.97 Å². The molecule has 0 saturated carbocycles. The average molecular weight is 290 g/mol. The van der Waals surface area contributed by atoms with Crippen molar-refractivity contribution in [3.05, 3.63) is 52.0 Å². The Kier molecular flexibility index (Phi) is 4.47. The predicted molar refractivity (Wildman–Crippen MR) is 76.1 cm³/mol. The zero-order chi connectivity index (χ0) is 14.5. The van der Waals surface area contributed by atoms with Gasteiger partial charge >= 0.3 is 5.97 Å². The number of pyridine rings is 1. The fraction of sp³-hybridized carbons (Fsp3) is 0.214. The van der Waals surface area contributed by atoms with Crippen LogP contribution in [0.25, 0.3) is 0 Å². The summed E-state index contributed by atoms with van der Waals surface area (Å²) in [6.45, 7) is 1.91. The van der Waals surface area contributed by atoms with Crippen LogP contribution in [-0.2, 0) is 6.42 Å². The van der Waals surface area contributed by atoms with Crippen molar-refractivity contribution >= 4 is 23.2 Å². The van der Waals surface area contributed by atoms with E-state index in [9.17, 15) is 9.59 Å². The van der Waals surface area contributed by atoms with E-state index >= 15 is 0 Å². The highest BCUT2D eigenvalue weighted by Crippen LogP contribution is 2.11. The van der Waals surface area contributed by atoms with E-state index in [0.29, 0.717) is 5.56 Å². The summed E-state index contributed by atoms with van der Waals surface area (Å²) in [6.07, 6.45) is 2.07. The van der Waals surface area contributed by atoms with Gasteiger partial charge in [0.15, 0.2) is 0 Å². The van der Waals surface area contributed by atoms with Crippen molar-refractivity contribution in [3.8, 4) is 0 Å². The fourth-order valence-electron chi connectivity index (χ4n) is 1.78. The van der Waals surface area contributed by atoms with Crippen LogP contribution in [0.15, 0.2) is 35.8 Å². The van der Waals surface area contributed by atoms with Crippen LogP contribution in [0.4, 0.5) is 0 Å². The minimum Gasteiger partial charge on any atom is -0.477 e. The van der Waals surface area contributed by atoms with Gasteiger partial charge in [-0.15, -0.1) is 11.3 Å². The van der Waals surface area contributed by atoms with E-state index in [1.165, 1.54) is 23.2 Å². The third-order valence-electron chi connectivity index (χ3n) is 2.71. The molecule has 1 amide bonds. The van der Waals surface area contributed by atoms with Crippen molar-refractivity contribution < 1.29 is 14.7 Å². The van der Waals surface area contributed by atoms with Crippen LogP contribution in [-0.4, -0.2) is 28.0 Å². The summed E-state index contributed by atoms with van der Waals surface area (Å²) in [7, 11) is 0. The minimum atomic E-state index is -1.15. The first-order chi connectivity index (χ1) is 9.56. The number of aromatic nitrogens is 1. The molecule has 0 aliphatic carbocycles. The van der Waals surface area contributed by atoms with Gasteiger partial charge in [-0.25, -0.2) is 9.78 Å². The molecular weight excluding hydrogens is 276 g/mol. The van der Waals surface area contributed by atoms with E-state index in [1.54, 1.807) is 11.3 Å². The Labute approximate surface area is 120 Å². The molecule has 2 aromatic heterocycles. The summed E-state index contributed by atoms with van der Waals surface area (Å²) in [5.41, 5.74) is 0.166. The molecule has 0 bridgehead atoms. The topological polar surface area (TPSA) is 79.3 Å². The summed E-state index contributed by atoms with van der Waals surface area (Å²) in [6, 6.07) is 6.73.